The largest absolute Gasteiger partial charge is 0.396 e. The van der Waals surface area contributed by atoms with Gasteiger partial charge in [0, 0.05) is 26.5 Å². The monoisotopic (exact) mass is 170 g/mol. The molecule has 0 atom stereocenters. The highest BCUT2D eigenvalue weighted by Crippen LogP contribution is 1.98. The maximum atomic E-state index is 8.48. The zero-order valence-corrected chi connectivity index (χ0v) is 7.23. The fourth-order valence-corrected chi connectivity index (χ4v) is 0.886. The molecular weight excluding hydrogens is 156 g/mol. The van der Waals surface area contributed by atoms with E-state index < -0.39 is 0 Å². The molecular formula is C8H14N2O2. The summed E-state index contributed by atoms with van der Waals surface area (Å²) in [5.41, 5.74) is 1.05. The van der Waals surface area contributed by atoms with Crippen LogP contribution in [0.1, 0.15) is 12.1 Å². The van der Waals surface area contributed by atoms with Crippen LogP contribution in [0.5, 0.6) is 0 Å². The summed E-state index contributed by atoms with van der Waals surface area (Å²) in [5, 5.41) is 12.5. The van der Waals surface area contributed by atoms with Gasteiger partial charge in [-0.05, 0) is 12.5 Å². The molecule has 68 valence electrons. The van der Waals surface area contributed by atoms with Gasteiger partial charge in [0.05, 0.1) is 12.3 Å². The Morgan fingerprint density at radius 2 is 2.50 bits per heavy atom. The quantitative estimate of drug-likeness (QED) is 0.647. The fourth-order valence-electron chi connectivity index (χ4n) is 0.886. The van der Waals surface area contributed by atoms with Gasteiger partial charge in [-0.25, -0.2) is 0 Å². The lowest BCUT2D eigenvalue weighted by Crippen LogP contribution is -2.02. The van der Waals surface area contributed by atoms with E-state index in [2.05, 4.69) is 5.10 Å². The molecule has 0 fully saturated rings. The van der Waals surface area contributed by atoms with Crippen LogP contribution in [-0.4, -0.2) is 28.1 Å². The van der Waals surface area contributed by atoms with E-state index in [0.717, 1.165) is 5.69 Å². The zero-order chi connectivity index (χ0) is 8.81. The summed E-state index contributed by atoms with van der Waals surface area (Å²) in [7, 11) is 1.88. The predicted octanol–water partition coefficient (Wildman–Crippen LogP) is 0.319. The maximum absolute atomic E-state index is 8.48. The average Bonchev–Trinajstić information content (AvgIpc) is 2.46. The van der Waals surface area contributed by atoms with Gasteiger partial charge in [-0.3, -0.25) is 4.68 Å². The SMILES string of the molecule is Cn1nccc1COCCCO. The number of hydrogen-bond donors (Lipinski definition) is 1. The van der Waals surface area contributed by atoms with Gasteiger partial charge in [0.25, 0.3) is 0 Å². The van der Waals surface area contributed by atoms with E-state index in [1.165, 1.54) is 0 Å². The standard InChI is InChI=1S/C8H14N2O2/c1-10-8(3-4-9-10)7-12-6-2-5-11/h3-4,11H,2,5-7H2,1H3. The molecule has 1 heterocycles. The van der Waals surface area contributed by atoms with Crippen molar-refractivity contribution in [3.63, 3.8) is 0 Å². The van der Waals surface area contributed by atoms with Crippen LogP contribution in [0.2, 0.25) is 0 Å². The molecule has 0 aliphatic heterocycles. The summed E-state index contributed by atoms with van der Waals surface area (Å²) in [6, 6.07) is 1.92. The van der Waals surface area contributed by atoms with Crippen molar-refractivity contribution < 1.29 is 9.84 Å². The lowest BCUT2D eigenvalue weighted by Gasteiger charge is -2.02. The first-order chi connectivity index (χ1) is 5.84. The summed E-state index contributed by atoms with van der Waals surface area (Å²) in [6.07, 6.45) is 2.43. The molecule has 12 heavy (non-hydrogen) atoms. The van der Waals surface area contributed by atoms with E-state index in [1.54, 1.807) is 10.9 Å². The Morgan fingerprint density at radius 3 is 3.08 bits per heavy atom. The third-order valence-corrected chi connectivity index (χ3v) is 1.62. The van der Waals surface area contributed by atoms with E-state index in [1.807, 2.05) is 13.1 Å². The van der Waals surface area contributed by atoms with Crippen molar-refractivity contribution in [2.75, 3.05) is 13.2 Å². The molecule has 0 unspecified atom stereocenters. The fraction of sp³-hybridized carbons (Fsp3) is 0.625. The van der Waals surface area contributed by atoms with E-state index >= 15 is 0 Å². The first-order valence-corrected chi connectivity index (χ1v) is 4.00. The van der Waals surface area contributed by atoms with Crippen LogP contribution in [0.25, 0.3) is 0 Å². The lowest BCUT2D eigenvalue weighted by molar-refractivity contribution is 0.0997. The van der Waals surface area contributed by atoms with E-state index in [-0.39, 0.29) is 6.61 Å². The van der Waals surface area contributed by atoms with Crippen LogP contribution in [0.15, 0.2) is 12.3 Å². The number of aliphatic hydroxyl groups is 1. The molecule has 0 radical (unpaired) electrons. The summed E-state index contributed by atoms with van der Waals surface area (Å²) in [5.74, 6) is 0. The average molecular weight is 170 g/mol. The molecule has 1 N–H and O–H groups in total. The minimum absolute atomic E-state index is 0.186. The molecule has 4 nitrogen and oxygen atoms in total. The van der Waals surface area contributed by atoms with Crippen LogP contribution in [0.3, 0.4) is 0 Å². The molecule has 0 aromatic carbocycles. The molecule has 1 rings (SSSR count). The van der Waals surface area contributed by atoms with Crippen molar-refractivity contribution >= 4 is 0 Å². The number of aromatic nitrogens is 2. The molecule has 0 saturated carbocycles. The van der Waals surface area contributed by atoms with Gasteiger partial charge in [0.1, 0.15) is 0 Å². The van der Waals surface area contributed by atoms with Crippen molar-refractivity contribution in [1.29, 1.82) is 0 Å². The van der Waals surface area contributed by atoms with Gasteiger partial charge in [0.15, 0.2) is 0 Å². The Morgan fingerprint density at radius 1 is 1.67 bits per heavy atom. The van der Waals surface area contributed by atoms with E-state index in [4.69, 9.17) is 9.84 Å². The number of nitrogens with zero attached hydrogens (tertiary/aromatic N) is 2. The number of ether oxygens (including phenoxy) is 1. The van der Waals surface area contributed by atoms with Crippen LogP contribution < -0.4 is 0 Å². The van der Waals surface area contributed by atoms with Crippen molar-refractivity contribution in [2.24, 2.45) is 7.05 Å². The topological polar surface area (TPSA) is 47.3 Å². The number of aryl methyl sites for hydroxylation is 1. The molecule has 0 aliphatic carbocycles. The summed E-state index contributed by atoms with van der Waals surface area (Å²) < 4.78 is 7.06. The third kappa shape index (κ3) is 2.64. The molecule has 1 aromatic rings. The minimum atomic E-state index is 0.186. The Bertz CT molecular complexity index is 223. The van der Waals surface area contributed by atoms with E-state index in [0.29, 0.717) is 19.6 Å². The van der Waals surface area contributed by atoms with Gasteiger partial charge < -0.3 is 9.84 Å². The van der Waals surface area contributed by atoms with Crippen LogP contribution >= 0.6 is 0 Å². The van der Waals surface area contributed by atoms with E-state index in [9.17, 15) is 0 Å². The Balaban J connectivity index is 2.20. The normalized spacial score (nSPS) is 10.5. The second-order valence-electron chi connectivity index (χ2n) is 2.58. The van der Waals surface area contributed by atoms with Gasteiger partial charge >= 0.3 is 0 Å². The Labute approximate surface area is 71.8 Å². The van der Waals surface area contributed by atoms with Gasteiger partial charge in [-0.15, -0.1) is 0 Å². The van der Waals surface area contributed by atoms with Crippen molar-refractivity contribution in [3.8, 4) is 0 Å². The van der Waals surface area contributed by atoms with Gasteiger partial charge in [-0.1, -0.05) is 0 Å². The number of aliphatic hydroxyl groups excluding tert-OH is 1. The zero-order valence-electron chi connectivity index (χ0n) is 7.23. The molecule has 0 aliphatic rings. The van der Waals surface area contributed by atoms with Crippen LogP contribution in [0, 0.1) is 0 Å². The molecule has 0 saturated heterocycles. The number of rotatable bonds is 5. The summed E-state index contributed by atoms with van der Waals surface area (Å²) in [4.78, 5) is 0. The molecule has 4 heteroatoms. The number of hydrogen-bond acceptors (Lipinski definition) is 3. The van der Waals surface area contributed by atoms with Crippen LogP contribution in [0.4, 0.5) is 0 Å². The molecule has 0 amide bonds. The third-order valence-electron chi connectivity index (χ3n) is 1.62. The summed E-state index contributed by atoms with van der Waals surface area (Å²) in [6.45, 7) is 1.35. The minimum Gasteiger partial charge on any atom is -0.396 e. The maximum Gasteiger partial charge on any atom is 0.0884 e. The van der Waals surface area contributed by atoms with Crippen molar-refractivity contribution in [3.05, 3.63) is 18.0 Å². The van der Waals surface area contributed by atoms with Gasteiger partial charge in [-0.2, -0.15) is 5.10 Å². The Hall–Kier alpha value is -0.870. The lowest BCUT2D eigenvalue weighted by atomic mass is 10.4. The highest BCUT2D eigenvalue weighted by molar-refractivity contribution is 4.97. The van der Waals surface area contributed by atoms with Gasteiger partial charge in [0.2, 0.25) is 0 Å². The smallest absolute Gasteiger partial charge is 0.0884 e. The summed E-state index contributed by atoms with van der Waals surface area (Å²) >= 11 is 0. The second kappa shape index (κ2) is 4.90. The van der Waals surface area contributed by atoms with Crippen molar-refractivity contribution in [1.82, 2.24) is 9.78 Å². The highest BCUT2D eigenvalue weighted by atomic mass is 16.5. The first-order valence-electron chi connectivity index (χ1n) is 4.00. The molecule has 1 aromatic heterocycles. The van der Waals surface area contributed by atoms with Crippen LogP contribution in [-0.2, 0) is 18.4 Å². The Kier molecular flexibility index (Phi) is 3.76. The predicted molar refractivity (Wildman–Crippen MR) is 44.6 cm³/mol. The molecule has 0 spiro atoms. The molecule has 0 bridgehead atoms. The van der Waals surface area contributed by atoms with Crippen molar-refractivity contribution in [2.45, 2.75) is 13.0 Å². The second-order valence-corrected chi connectivity index (χ2v) is 2.58. The highest BCUT2D eigenvalue weighted by Gasteiger charge is 1.96. The first kappa shape index (κ1) is 9.22.